The minimum atomic E-state index is -0.320. The number of carbonyl (C=O) groups is 2. The van der Waals surface area contributed by atoms with Crippen LogP contribution in [0.4, 0.5) is 5.69 Å². The summed E-state index contributed by atoms with van der Waals surface area (Å²) < 4.78 is 5.52. The van der Waals surface area contributed by atoms with Gasteiger partial charge in [-0.05, 0) is 55.3 Å². The third kappa shape index (κ3) is 5.86. The second-order valence-electron chi connectivity index (χ2n) is 9.70. The van der Waals surface area contributed by atoms with Gasteiger partial charge in [-0.3, -0.25) is 14.5 Å². The van der Waals surface area contributed by atoms with Gasteiger partial charge in [-0.25, -0.2) is 4.98 Å². The van der Waals surface area contributed by atoms with Crippen molar-refractivity contribution >= 4 is 40.7 Å². The lowest BCUT2D eigenvalue weighted by Crippen LogP contribution is -2.47. The number of pyridine rings is 1. The number of rotatable bonds is 7. The van der Waals surface area contributed by atoms with Crippen LogP contribution in [0, 0.1) is 11.3 Å². The minimum absolute atomic E-state index is 0.144. The second-order valence-corrected chi connectivity index (χ2v) is 10.5. The van der Waals surface area contributed by atoms with Crippen molar-refractivity contribution in [3.8, 4) is 22.9 Å². The zero-order valence-electron chi connectivity index (χ0n) is 21.4. The number of likely N-dealkylation sites (tertiary alicyclic amines) is 1. The number of fused-ring (bicyclic) bond motifs is 1. The van der Waals surface area contributed by atoms with Crippen LogP contribution in [0.15, 0.2) is 54.7 Å². The molecule has 1 saturated heterocycles. The first-order valence-electron chi connectivity index (χ1n) is 12.7. The molecule has 0 aliphatic carbocycles. The van der Waals surface area contributed by atoms with Gasteiger partial charge in [0.25, 0.3) is 5.91 Å². The lowest BCUT2D eigenvalue weighted by atomic mass is 10.00. The van der Waals surface area contributed by atoms with Gasteiger partial charge in [-0.2, -0.15) is 5.26 Å². The standard InChI is InChI=1S/C29H27Cl2N5O3/c1-34(28(37)17-36-25-12-23(30)24(31)13-27(25)39-18-29(36)38)26(16-35-10-2-3-11-35)20-6-4-19(5-7-20)21-8-9-22(14-32)33-15-21/h4-9,12-13,15,26H,2-3,10-11,16-18H2,1H3. The molecule has 1 fully saturated rings. The number of carbonyl (C=O) groups excluding carboxylic acids is 2. The fraction of sp³-hybridized carbons (Fsp3) is 0.310. The number of nitrogens with zero attached hydrogens (tertiary/aromatic N) is 5. The average molecular weight is 564 g/mol. The van der Waals surface area contributed by atoms with E-state index in [0.717, 1.165) is 42.6 Å². The molecule has 0 N–H and O–H groups in total. The van der Waals surface area contributed by atoms with Crippen molar-refractivity contribution in [2.24, 2.45) is 0 Å². The largest absolute Gasteiger partial charge is 0.482 e. The zero-order valence-corrected chi connectivity index (χ0v) is 23.0. The Bertz CT molecular complexity index is 1420. The van der Waals surface area contributed by atoms with Gasteiger partial charge in [-0.15, -0.1) is 0 Å². The van der Waals surface area contributed by atoms with E-state index in [0.29, 0.717) is 28.7 Å². The molecule has 5 rings (SSSR count). The van der Waals surface area contributed by atoms with Gasteiger partial charge in [0, 0.05) is 31.4 Å². The molecule has 0 saturated carbocycles. The highest BCUT2D eigenvalue weighted by molar-refractivity contribution is 6.42. The maximum atomic E-state index is 13.6. The Hall–Kier alpha value is -3.64. The maximum absolute atomic E-state index is 13.6. The van der Waals surface area contributed by atoms with Crippen molar-refractivity contribution in [2.75, 3.05) is 44.7 Å². The monoisotopic (exact) mass is 563 g/mol. The van der Waals surface area contributed by atoms with Crippen LogP contribution in [-0.4, -0.2) is 66.4 Å². The third-order valence-electron chi connectivity index (χ3n) is 7.24. The van der Waals surface area contributed by atoms with Gasteiger partial charge in [0.05, 0.1) is 21.8 Å². The van der Waals surface area contributed by atoms with Crippen molar-refractivity contribution in [1.29, 1.82) is 5.26 Å². The van der Waals surface area contributed by atoms with Crippen molar-refractivity contribution < 1.29 is 14.3 Å². The van der Waals surface area contributed by atoms with Crippen LogP contribution in [-0.2, 0) is 9.59 Å². The van der Waals surface area contributed by atoms with Crippen LogP contribution < -0.4 is 9.64 Å². The van der Waals surface area contributed by atoms with Crippen LogP contribution >= 0.6 is 23.2 Å². The number of amides is 2. The Morgan fingerprint density at radius 1 is 1.10 bits per heavy atom. The number of nitriles is 1. The van der Waals surface area contributed by atoms with E-state index in [2.05, 4.69) is 9.88 Å². The molecule has 200 valence electrons. The number of halogens is 2. The maximum Gasteiger partial charge on any atom is 0.265 e. The summed E-state index contributed by atoms with van der Waals surface area (Å²) in [5.41, 5.74) is 3.67. The summed E-state index contributed by atoms with van der Waals surface area (Å²) in [7, 11) is 1.78. The fourth-order valence-electron chi connectivity index (χ4n) is 4.98. The van der Waals surface area contributed by atoms with E-state index in [1.807, 2.05) is 36.4 Å². The quantitative estimate of drug-likeness (QED) is 0.404. The van der Waals surface area contributed by atoms with Crippen molar-refractivity contribution in [2.45, 2.75) is 18.9 Å². The second kappa shape index (κ2) is 11.6. The molecule has 1 atom stereocenters. The van der Waals surface area contributed by atoms with E-state index < -0.39 is 0 Å². The van der Waals surface area contributed by atoms with Crippen LogP contribution in [0.3, 0.4) is 0 Å². The van der Waals surface area contributed by atoms with Gasteiger partial charge in [-0.1, -0.05) is 47.5 Å². The number of hydrogen-bond donors (Lipinski definition) is 0. The summed E-state index contributed by atoms with van der Waals surface area (Å²) >= 11 is 12.3. The highest BCUT2D eigenvalue weighted by Crippen LogP contribution is 2.39. The minimum Gasteiger partial charge on any atom is -0.482 e. The molecular weight excluding hydrogens is 537 g/mol. The Morgan fingerprint density at radius 3 is 2.46 bits per heavy atom. The number of likely N-dealkylation sites (N-methyl/N-ethyl adjacent to an activating group) is 1. The first-order chi connectivity index (χ1) is 18.8. The summed E-state index contributed by atoms with van der Waals surface area (Å²) in [6.45, 7) is 2.35. The molecule has 0 spiro atoms. The Kier molecular flexibility index (Phi) is 8.03. The smallest absolute Gasteiger partial charge is 0.265 e. The average Bonchev–Trinajstić information content (AvgIpc) is 3.47. The molecule has 2 aliphatic heterocycles. The summed E-state index contributed by atoms with van der Waals surface area (Å²) in [6.07, 6.45) is 3.95. The van der Waals surface area contributed by atoms with Crippen LogP contribution in [0.2, 0.25) is 10.0 Å². The zero-order chi connectivity index (χ0) is 27.5. The first kappa shape index (κ1) is 26.9. The van der Waals surface area contributed by atoms with Crippen molar-refractivity contribution in [3.63, 3.8) is 0 Å². The SMILES string of the molecule is CN(C(=O)CN1C(=O)COc2cc(Cl)c(Cl)cc21)C(CN1CCCC1)c1ccc(-c2ccc(C#N)nc2)cc1. The Balaban J connectivity index is 1.38. The summed E-state index contributed by atoms with van der Waals surface area (Å²) in [4.78, 5) is 36.1. The molecule has 39 heavy (non-hydrogen) atoms. The molecular formula is C29H27Cl2N5O3. The molecule has 3 aromatic rings. The van der Waals surface area contributed by atoms with Gasteiger partial charge in [0.15, 0.2) is 6.61 Å². The van der Waals surface area contributed by atoms with Gasteiger partial charge < -0.3 is 14.5 Å². The Morgan fingerprint density at radius 2 is 1.79 bits per heavy atom. The molecule has 2 aliphatic rings. The summed E-state index contributed by atoms with van der Waals surface area (Å²) in [6, 6.07) is 16.5. The van der Waals surface area contributed by atoms with Crippen LogP contribution in [0.1, 0.15) is 30.1 Å². The molecule has 1 aromatic heterocycles. The van der Waals surface area contributed by atoms with Gasteiger partial charge >= 0.3 is 0 Å². The molecule has 10 heteroatoms. The number of ether oxygens (including phenoxy) is 1. The highest BCUT2D eigenvalue weighted by Gasteiger charge is 2.32. The molecule has 0 radical (unpaired) electrons. The number of hydrogen-bond acceptors (Lipinski definition) is 6. The number of benzene rings is 2. The molecule has 3 heterocycles. The predicted molar refractivity (Wildman–Crippen MR) is 150 cm³/mol. The predicted octanol–water partition coefficient (Wildman–Crippen LogP) is 4.95. The first-order valence-corrected chi connectivity index (χ1v) is 13.5. The van der Waals surface area contributed by atoms with Crippen LogP contribution in [0.25, 0.3) is 11.1 Å². The van der Waals surface area contributed by atoms with Crippen molar-refractivity contribution in [3.05, 3.63) is 76.0 Å². The lowest BCUT2D eigenvalue weighted by molar-refractivity contribution is -0.133. The summed E-state index contributed by atoms with van der Waals surface area (Å²) in [5.74, 6) is -0.105. The van der Waals surface area contributed by atoms with E-state index in [9.17, 15) is 9.59 Å². The van der Waals surface area contributed by atoms with E-state index in [1.165, 1.54) is 4.90 Å². The number of aromatic nitrogens is 1. The normalized spacial score (nSPS) is 15.8. The molecule has 2 aromatic carbocycles. The van der Waals surface area contributed by atoms with Crippen molar-refractivity contribution in [1.82, 2.24) is 14.8 Å². The molecule has 1 unspecified atom stereocenters. The third-order valence-corrected chi connectivity index (χ3v) is 7.96. The Labute approximate surface area is 237 Å². The van der Waals surface area contributed by atoms with Gasteiger partial charge in [0.1, 0.15) is 24.1 Å². The van der Waals surface area contributed by atoms with Gasteiger partial charge in [0.2, 0.25) is 5.91 Å². The highest BCUT2D eigenvalue weighted by atomic mass is 35.5. The molecule has 0 bridgehead atoms. The van der Waals surface area contributed by atoms with E-state index >= 15 is 0 Å². The fourth-order valence-corrected chi connectivity index (χ4v) is 5.29. The van der Waals surface area contributed by atoms with E-state index in [4.69, 9.17) is 33.2 Å². The van der Waals surface area contributed by atoms with E-state index in [1.54, 1.807) is 36.3 Å². The molecule has 2 amide bonds. The topological polar surface area (TPSA) is 89.8 Å². The van der Waals surface area contributed by atoms with E-state index in [-0.39, 0.29) is 36.0 Å². The molecule has 8 nitrogen and oxygen atoms in total. The number of anilines is 1. The lowest BCUT2D eigenvalue weighted by Gasteiger charge is -2.35. The summed E-state index contributed by atoms with van der Waals surface area (Å²) in [5, 5.41) is 9.61. The van der Waals surface area contributed by atoms with Crippen LogP contribution in [0.5, 0.6) is 5.75 Å².